The zero-order chi connectivity index (χ0) is 13.9. The third-order valence-electron chi connectivity index (χ3n) is 2.81. The van der Waals surface area contributed by atoms with E-state index in [0.29, 0.717) is 6.61 Å². The number of benzene rings is 1. The minimum Gasteiger partial charge on any atom is -0.444 e. The number of hydrogen-bond acceptors (Lipinski definition) is 3. The second-order valence-electron chi connectivity index (χ2n) is 5.81. The van der Waals surface area contributed by atoms with Gasteiger partial charge in [-0.15, -0.1) is 0 Å². The van der Waals surface area contributed by atoms with Crippen LogP contribution < -0.4 is 5.32 Å². The average Bonchev–Trinajstić information content (AvgIpc) is 3.10. The fourth-order valence-corrected chi connectivity index (χ4v) is 1.89. The smallest absolute Gasteiger partial charge is 0.407 e. The molecule has 0 radical (unpaired) electrons. The van der Waals surface area contributed by atoms with Gasteiger partial charge in [0.2, 0.25) is 0 Å². The molecule has 4 heteroatoms. The molecule has 2 unspecified atom stereocenters. The lowest BCUT2D eigenvalue weighted by Crippen LogP contribution is -2.43. The highest BCUT2D eigenvalue weighted by Crippen LogP contribution is 2.18. The van der Waals surface area contributed by atoms with Crippen LogP contribution in [-0.2, 0) is 15.9 Å². The highest BCUT2D eigenvalue weighted by molar-refractivity contribution is 5.68. The monoisotopic (exact) mass is 263 g/mol. The SMILES string of the molecule is CC(C)(C)OC(=O)NC(Cc1ccccc1)C1CO1. The van der Waals surface area contributed by atoms with E-state index in [1.54, 1.807) is 0 Å². The van der Waals surface area contributed by atoms with Crippen molar-refractivity contribution >= 4 is 6.09 Å². The van der Waals surface area contributed by atoms with Crippen molar-refractivity contribution in [3.05, 3.63) is 35.9 Å². The van der Waals surface area contributed by atoms with Gasteiger partial charge in [-0.25, -0.2) is 4.79 Å². The molecular formula is C15H21NO3. The number of amides is 1. The van der Waals surface area contributed by atoms with Crippen LogP contribution in [0.25, 0.3) is 0 Å². The average molecular weight is 263 g/mol. The van der Waals surface area contributed by atoms with E-state index in [1.807, 2.05) is 51.1 Å². The third kappa shape index (κ3) is 4.91. The zero-order valence-corrected chi connectivity index (χ0v) is 11.7. The minimum atomic E-state index is -0.480. The number of carbonyl (C=O) groups is 1. The normalized spacial score (nSPS) is 19.6. The summed E-state index contributed by atoms with van der Waals surface area (Å²) in [5.74, 6) is 0. The summed E-state index contributed by atoms with van der Waals surface area (Å²) in [5, 5.41) is 2.90. The number of epoxide rings is 1. The highest BCUT2D eigenvalue weighted by Gasteiger charge is 2.34. The summed E-state index contributed by atoms with van der Waals surface area (Å²) in [6.45, 7) is 6.26. The Morgan fingerprint density at radius 2 is 2.05 bits per heavy atom. The van der Waals surface area contributed by atoms with Crippen LogP contribution in [0.2, 0.25) is 0 Å². The summed E-state index contributed by atoms with van der Waals surface area (Å²) in [5.41, 5.74) is 0.699. The van der Waals surface area contributed by atoms with Crippen molar-refractivity contribution in [3.8, 4) is 0 Å². The summed E-state index contributed by atoms with van der Waals surface area (Å²) < 4.78 is 10.6. The van der Waals surface area contributed by atoms with Crippen LogP contribution in [0.1, 0.15) is 26.3 Å². The van der Waals surface area contributed by atoms with Crippen LogP contribution in [-0.4, -0.2) is 30.4 Å². The summed E-state index contributed by atoms with van der Waals surface area (Å²) >= 11 is 0. The standard InChI is InChI=1S/C15H21NO3/c1-15(2,3)19-14(17)16-12(13-10-18-13)9-11-7-5-4-6-8-11/h4-8,12-13H,9-10H2,1-3H3,(H,16,17). The lowest BCUT2D eigenvalue weighted by molar-refractivity contribution is 0.0495. The van der Waals surface area contributed by atoms with E-state index in [0.717, 1.165) is 6.42 Å². The molecule has 1 aromatic carbocycles. The first kappa shape index (κ1) is 13.9. The van der Waals surface area contributed by atoms with Gasteiger partial charge in [0.25, 0.3) is 0 Å². The molecule has 1 aliphatic rings. The Bertz CT molecular complexity index is 421. The first-order chi connectivity index (χ1) is 8.94. The van der Waals surface area contributed by atoms with Crippen molar-refractivity contribution in [1.82, 2.24) is 5.32 Å². The van der Waals surface area contributed by atoms with Crippen LogP contribution in [0.3, 0.4) is 0 Å². The Balaban J connectivity index is 1.92. The van der Waals surface area contributed by atoms with Crippen molar-refractivity contribution in [3.63, 3.8) is 0 Å². The van der Waals surface area contributed by atoms with Crippen LogP contribution in [0, 0.1) is 0 Å². The Hall–Kier alpha value is -1.55. The molecular weight excluding hydrogens is 242 g/mol. The van der Waals surface area contributed by atoms with Gasteiger partial charge in [0.15, 0.2) is 0 Å². The van der Waals surface area contributed by atoms with Crippen molar-refractivity contribution in [2.75, 3.05) is 6.61 Å². The predicted molar refractivity (Wildman–Crippen MR) is 73.0 cm³/mol. The number of rotatable bonds is 4. The Morgan fingerprint density at radius 1 is 1.42 bits per heavy atom. The van der Waals surface area contributed by atoms with Gasteiger partial charge in [0.1, 0.15) is 11.7 Å². The summed E-state index contributed by atoms with van der Waals surface area (Å²) in [6.07, 6.45) is 0.474. The topological polar surface area (TPSA) is 50.9 Å². The van der Waals surface area contributed by atoms with E-state index >= 15 is 0 Å². The zero-order valence-electron chi connectivity index (χ0n) is 11.7. The van der Waals surface area contributed by atoms with Gasteiger partial charge in [-0.1, -0.05) is 30.3 Å². The molecule has 0 aromatic heterocycles. The molecule has 1 heterocycles. The number of carbonyl (C=O) groups excluding carboxylic acids is 1. The minimum absolute atomic E-state index is 0.0303. The Kier molecular flexibility index (Phi) is 4.10. The Morgan fingerprint density at radius 3 is 2.58 bits per heavy atom. The molecule has 19 heavy (non-hydrogen) atoms. The van der Waals surface area contributed by atoms with Crippen molar-refractivity contribution in [2.45, 2.75) is 44.9 Å². The van der Waals surface area contributed by atoms with Crippen molar-refractivity contribution < 1.29 is 14.3 Å². The number of hydrogen-bond donors (Lipinski definition) is 1. The van der Waals surface area contributed by atoms with Gasteiger partial charge in [-0.2, -0.15) is 0 Å². The molecule has 2 rings (SSSR count). The lowest BCUT2D eigenvalue weighted by Gasteiger charge is -2.23. The van der Waals surface area contributed by atoms with Gasteiger partial charge in [0.05, 0.1) is 12.6 Å². The maximum atomic E-state index is 11.8. The van der Waals surface area contributed by atoms with E-state index in [4.69, 9.17) is 9.47 Å². The third-order valence-corrected chi connectivity index (χ3v) is 2.81. The second-order valence-corrected chi connectivity index (χ2v) is 5.81. The van der Waals surface area contributed by atoms with E-state index < -0.39 is 5.60 Å². The van der Waals surface area contributed by atoms with E-state index in [2.05, 4.69) is 5.32 Å². The van der Waals surface area contributed by atoms with Gasteiger partial charge in [0, 0.05) is 0 Å². The largest absolute Gasteiger partial charge is 0.444 e. The molecule has 1 aromatic rings. The first-order valence-electron chi connectivity index (χ1n) is 6.59. The molecule has 4 nitrogen and oxygen atoms in total. The maximum Gasteiger partial charge on any atom is 0.407 e. The summed E-state index contributed by atoms with van der Waals surface area (Å²) in [6, 6.07) is 10.0. The molecule has 1 saturated heterocycles. The maximum absolute atomic E-state index is 11.8. The molecule has 0 bridgehead atoms. The second kappa shape index (κ2) is 5.61. The quantitative estimate of drug-likeness (QED) is 0.849. The van der Waals surface area contributed by atoms with E-state index in [9.17, 15) is 4.79 Å². The molecule has 1 fully saturated rings. The van der Waals surface area contributed by atoms with Gasteiger partial charge < -0.3 is 14.8 Å². The highest BCUT2D eigenvalue weighted by atomic mass is 16.6. The fraction of sp³-hybridized carbons (Fsp3) is 0.533. The lowest BCUT2D eigenvalue weighted by atomic mass is 10.0. The summed E-state index contributed by atoms with van der Waals surface area (Å²) in [4.78, 5) is 11.8. The van der Waals surface area contributed by atoms with E-state index in [1.165, 1.54) is 5.56 Å². The molecule has 0 aliphatic carbocycles. The van der Waals surface area contributed by atoms with Gasteiger partial charge in [-0.05, 0) is 32.8 Å². The van der Waals surface area contributed by atoms with Crippen LogP contribution in [0.15, 0.2) is 30.3 Å². The number of alkyl carbamates (subject to hydrolysis) is 1. The van der Waals surface area contributed by atoms with Crippen LogP contribution in [0.4, 0.5) is 4.79 Å². The molecule has 2 atom stereocenters. The van der Waals surface area contributed by atoms with E-state index in [-0.39, 0.29) is 18.2 Å². The van der Waals surface area contributed by atoms with Crippen molar-refractivity contribution in [2.24, 2.45) is 0 Å². The van der Waals surface area contributed by atoms with Gasteiger partial charge >= 0.3 is 6.09 Å². The first-order valence-corrected chi connectivity index (χ1v) is 6.59. The predicted octanol–water partition coefficient (Wildman–Crippen LogP) is 2.52. The fourth-order valence-electron chi connectivity index (χ4n) is 1.89. The summed E-state index contributed by atoms with van der Waals surface area (Å²) in [7, 11) is 0. The van der Waals surface area contributed by atoms with Crippen molar-refractivity contribution in [1.29, 1.82) is 0 Å². The molecule has 0 spiro atoms. The molecule has 104 valence electrons. The number of ether oxygens (including phenoxy) is 2. The molecule has 1 N–H and O–H groups in total. The molecule has 0 saturated carbocycles. The number of nitrogens with one attached hydrogen (secondary N) is 1. The van der Waals surface area contributed by atoms with Crippen LogP contribution >= 0.6 is 0 Å². The van der Waals surface area contributed by atoms with Crippen LogP contribution in [0.5, 0.6) is 0 Å². The molecule has 1 aliphatic heterocycles. The Labute approximate surface area is 114 Å². The van der Waals surface area contributed by atoms with Gasteiger partial charge in [-0.3, -0.25) is 0 Å². The molecule has 1 amide bonds.